The third-order valence-electron chi connectivity index (χ3n) is 2.21. The highest BCUT2D eigenvalue weighted by Crippen LogP contribution is 2.25. The first-order valence-electron chi connectivity index (χ1n) is 4.50. The van der Waals surface area contributed by atoms with Gasteiger partial charge in [0.15, 0.2) is 0 Å². The molecule has 0 aromatic heterocycles. The van der Waals surface area contributed by atoms with E-state index >= 15 is 0 Å². The van der Waals surface area contributed by atoms with Gasteiger partial charge in [-0.25, -0.2) is 0 Å². The summed E-state index contributed by atoms with van der Waals surface area (Å²) in [7, 11) is 0. The Balaban J connectivity index is 2.55. The second-order valence-electron chi connectivity index (χ2n) is 3.25. The summed E-state index contributed by atoms with van der Waals surface area (Å²) in [5, 5.41) is 0.773. The van der Waals surface area contributed by atoms with E-state index < -0.39 is 0 Å². The Morgan fingerprint density at radius 2 is 2.07 bits per heavy atom. The molecular formula is C13H10Cl. The Bertz CT molecular complexity index is 446. The number of hydrogen-bond donors (Lipinski definition) is 0. The third-order valence-corrected chi connectivity index (χ3v) is 2.44. The van der Waals surface area contributed by atoms with Gasteiger partial charge in [-0.3, -0.25) is 0 Å². The van der Waals surface area contributed by atoms with Crippen LogP contribution in [0.5, 0.6) is 0 Å². The van der Waals surface area contributed by atoms with E-state index in [1.165, 1.54) is 11.1 Å². The lowest BCUT2D eigenvalue weighted by atomic mass is 10.0. The summed E-state index contributed by atoms with van der Waals surface area (Å²) in [6, 6.07) is 16.9. The first-order chi connectivity index (χ1) is 6.77. The summed E-state index contributed by atoms with van der Waals surface area (Å²) in [6.45, 7) is 2.08. The number of hydrogen-bond acceptors (Lipinski definition) is 0. The molecule has 0 nitrogen and oxygen atoms in total. The van der Waals surface area contributed by atoms with Gasteiger partial charge in [0, 0.05) is 5.02 Å². The molecular weight excluding hydrogens is 192 g/mol. The van der Waals surface area contributed by atoms with Crippen molar-refractivity contribution in [2.45, 2.75) is 6.92 Å². The van der Waals surface area contributed by atoms with Crippen molar-refractivity contribution >= 4 is 11.6 Å². The molecule has 0 spiro atoms. The zero-order chi connectivity index (χ0) is 9.97. The van der Waals surface area contributed by atoms with Gasteiger partial charge in [0.2, 0.25) is 0 Å². The molecule has 0 unspecified atom stereocenters. The van der Waals surface area contributed by atoms with Crippen LogP contribution in [0.15, 0.2) is 42.5 Å². The molecule has 0 atom stereocenters. The number of rotatable bonds is 1. The highest BCUT2D eigenvalue weighted by atomic mass is 35.5. The first-order valence-corrected chi connectivity index (χ1v) is 4.88. The zero-order valence-corrected chi connectivity index (χ0v) is 8.68. The van der Waals surface area contributed by atoms with E-state index in [0.717, 1.165) is 10.6 Å². The molecule has 2 aromatic rings. The van der Waals surface area contributed by atoms with Crippen LogP contribution in [-0.2, 0) is 0 Å². The molecule has 0 fully saturated rings. The van der Waals surface area contributed by atoms with Gasteiger partial charge >= 0.3 is 0 Å². The van der Waals surface area contributed by atoms with Crippen molar-refractivity contribution in [1.29, 1.82) is 0 Å². The fraction of sp³-hybridized carbons (Fsp3) is 0.0769. The summed E-state index contributed by atoms with van der Waals surface area (Å²) < 4.78 is 0. The molecule has 0 aliphatic heterocycles. The van der Waals surface area contributed by atoms with Gasteiger partial charge in [-0.15, -0.1) is 0 Å². The Kier molecular flexibility index (Phi) is 2.55. The summed E-state index contributed by atoms with van der Waals surface area (Å²) >= 11 is 5.94. The fourth-order valence-corrected chi connectivity index (χ4v) is 1.68. The number of halogens is 1. The van der Waals surface area contributed by atoms with Crippen LogP contribution in [0.4, 0.5) is 0 Å². The fourth-order valence-electron chi connectivity index (χ4n) is 1.49. The van der Waals surface area contributed by atoms with E-state index in [9.17, 15) is 0 Å². The number of benzene rings is 2. The van der Waals surface area contributed by atoms with Crippen molar-refractivity contribution < 1.29 is 0 Å². The second kappa shape index (κ2) is 3.85. The summed E-state index contributed by atoms with van der Waals surface area (Å²) in [5.74, 6) is 0. The van der Waals surface area contributed by atoms with Gasteiger partial charge in [-0.2, -0.15) is 0 Å². The average Bonchev–Trinajstić information content (AvgIpc) is 2.18. The maximum Gasteiger partial charge on any atom is 0.0412 e. The van der Waals surface area contributed by atoms with Gasteiger partial charge in [-0.1, -0.05) is 41.9 Å². The molecule has 0 aliphatic rings. The summed E-state index contributed by atoms with van der Waals surface area (Å²) in [4.78, 5) is 0. The topological polar surface area (TPSA) is 0 Å². The van der Waals surface area contributed by atoms with Crippen molar-refractivity contribution in [2.24, 2.45) is 0 Å². The Morgan fingerprint density at radius 3 is 2.79 bits per heavy atom. The molecule has 1 radical (unpaired) electrons. The lowest BCUT2D eigenvalue weighted by Gasteiger charge is -2.05. The third kappa shape index (κ3) is 1.80. The van der Waals surface area contributed by atoms with Crippen LogP contribution >= 0.6 is 11.6 Å². The minimum atomic E-state index is 0.773. The van der Waals surface area contributed by atoms with Crippen LogP contribution in [0.25, 0.3) is 11.1 Å². The Hall–Kier alpha value is -1.27. The Morgan fingerprint density at radius 1 is 1.21 bits per heavy atom. The molecule has 69 valence electrons. The minimum absolute atomic E-state index is 0.773. The maximum absolute atomic E-state index is 5.94. The zero-order valence-electron chi connectivity index (χ0n) is 7.92. The van der Waals surface area contributed by atoms with Crippen LogP contribution in [0.3, 0.4) is 0 Å². The van der Waals surface area contributed by atoms with Gasteiger partial charge in [0.05, 0.1) is 0 Å². The van der Waals surface area contributed by atoms with E-state index in [-0.39, 0.29) is 0 Å². The van der Waals surface area contributed by atoms with E-state index in [0.29, 0.717) is 0 Å². The van der Waals surface area contributed by atoms with Crippen molar-refractivity contribution in [3.63, 3.8) is 0 Å². The van der Waals surface area contributed by atoms with Gasteiger partial charge in [0.1, 0.15) is 0 Å². The maximum atomic E-state index is 5.94. The molecule has 2 aromatic carbocycles. The molecule has 14 heavy (non-hydrogen) atoms. The van der Waals surface area contributed by atoms with Crippen molar-refractivity contribution in [2.75, 3.05) is 0 Å². The standard InChI is InChI=1S/C13H10Cl/c1-10-5-2-3-8-13(10)11-6-4-7-12(14)9-11/h3-9H,1H3. The second-order valence-corrected chi connectivity index (χ2v) is 3.69. The largest absolute Gasteiger partial charge is 0.0843 e. The average molecular weight is 202 g/mol. The predicted octanol–water partition coefficient (Wildman–Crippen LogP) is 4.12. The highest BCUT2D eigenvalue weighted by molar-refractivity contribution is 6.30. The van der Waals surface area contributed by atoms with Crippen LogP contribution in [0.2, 0.25) is 5.02 Å². The van der Waals surface area contributed by atoms with E-state index in [1.807, 2.05) is 30.3 Å². The molecule has 1 heteroatoms. The molecule has 2 rings (SSSR count). The molecule has 0 aliphatic carbocycles. The quantitative estimate of drug-likeness (QED) is 0.651. The van der Waals surface area contributed by atoms with Crippen molar-refractivity contribution in [1.82, 2.24) is 0 Å². The van der Waals surface area contributed by atoms with E-state index in [4.69, 9.17) is 11.6 Å². The molecule has 0 amide bonds. The predicted molar refractivity (Wildman–Crippen MR) is 60.5 cm³/mol. The van der Waals surface area contributed by atoms with Crippen molar-refractivity contribution in [3.05, 3.63) is 59.1 Å². The van der Waals surface area contributed by atoms with Crippen LogP contribution in [-0.4, -0.2) is 0 Å². The Labute approximate surface area is 89.2 Å². The molecule has 0 N–H and O–H groups in total. The molecule has 0 bridgehead atoms. The SMILES string of the molecule is Cc1c[c]ccc1-c1cccc(Cl)c1. The summed E-state index contributed by atoms with van der Waals surface area (Å²) in [6.07, 6.45) is 0. The van der Waals surface area contributed by atoms with Crippen LogP contribution in [0.1, 0.15) is 5.56 Å². The van der Waals surface area contributed by atoms with E-state index in [2.05, 4.69) is 25.1 Å². The lowest BCUT2D eigenvalue weighted by Crippen LogP contribution is -1.81. The minimum Gasteiger partial charge on any atom is -0.0843 e. The molecule has 0 heterocycles. The monoisotopic (exact) mass is 201 g/mol. The first kappa shape index (κ1) is 9.29. The summed E-state index contributed by atoms with van der Waals surface area (Å²) in [5.41, 5.74) is 3.59. The normalized spacial score (nSPS) is 10.1. The van der Waals surface area contributed by atoms with Gasteiger partial charge in [-0.05, 0) is 41.8 Å². The lowest BCUT2D eigenvalue weighted by molar-refractivity contribution is 1.45. The highest BCUT2D eigenvalue weighted by Gasteiger charge is 2.00. The molecule has 0 saturated carbocycles. The van der Waals surface area contributed by atoms with Gasteiger partial charge in [0.25, 0.3) is 0 Å². The van der Waals surface area contributed by atoms with E-state index in [1.54, 1.807) is 0 Å². The van der Waals surface area contributed by atoms with Crippen molar-refractivity contribution in [3.8, 4) is 11.1 Å². The van der Waals surface area contributed by atoms with Crippen LogP contribution in [0, 0.1) is 13.0 Å². The molecule has 0 saturated heterocycles. The smallest absolute Gasteiger partial charge is 0.0412 e. The van der Waals surface area contributed by atoms with Crippen LogP contribution < -0.4 is 0 Å². The number of aryl methyl sites for hydroxylation is 1. The van der Waals surface area contributed by atoms with Gasteiger partial charge < -0.3 is 0 Å².